The minimum absolute atomic E-state index is 0.0481. The summed E-state index contributed by atoms with van der Waals surface area (Å²) in [7, 11) is 0. The van der Waals surface area contributed by atoms with E-state index in [0.29, 0.717) is 17.2 Å². The van der Waals surface area contributed by atoms with E-state index in [-0.39, 0.29) is 17.7 Å². The molecule has 1 aromatic rings. The molecule has 0 radical (unpaired) electrons. The highest BCUT2D eigenvalue weighted by Crippen LogP contribution is 2.30. The quantitative estimate of drug-likeness (QED) is 0.876. The summed E-state index contributed by atoms with van der Waals surface area (Å²) in [4.78, 5) is 24.0. The third-order valence-corrected chi connectivity index (χ3v) is 4.62. The molecule has 2 fully saturated rings. The van der Waals surface area contributed by atoms with Gasteiger partial charge in [0.2, 0.25) is 5.91 Å². The van der Waals surface area contributed by atoms with Gasteiger partial charge in [-0.3, -0.25) is 9.59 Å². The van der Waals surface area contributed by atoms with Crippen LogP contribution in [0.2, 0.25) is 0 Å². The van der Waals surface area contributed by atoms with Crippen LogP contribution in [0, 0.1) is 11.8 Å². The zero-order valence-electron chi connectivity index (χ0n) is 12.9. The summed E-state index contributed by atoms with van der Waals surface area (Å²) in [5, 5.41) is 5.92. The number of carbonyl (C=O) groups excluding carboxylic acids is 2. The van der Waals surface area contributed by atoms with E-state index in [0.717, 1.165) is 19.4 Å². The number of hydrogen-bond acceptors (Lipinski definition) is 2. The molecular weight excluding hydrogens is 276 g/mol. The van der Waals surface area contributed by atoms with Crippen molar-refractivity contribution in [1.29, 1.82) is 0 Å². The topological polar surface area (TPSA) is 58.2 Å². The van der Waals surface area contributed by atoms with Gasteiger partial charge < -0.3 is 10.6 Å². The van der Waals surface area contributed by atoms with Gasteiger partial charge >= 0.3 is 0 Å². The minimum Gasteiger partial charge on any atom is -0.352 e. The maximum absolute atomic E-state index is 12.2. The molecule has 0 aliphatic heterocycles. The van der Waals surface area contributed by atoms with Gasteiger partial charge in [-0.1, -0.05) is 25.3 Å². The lowest BCUT2D eigenvalue weighted by Crippen LogP contribution is -2.30. The molecule has 22 heavy (non-hydrogen) atoms. The summed E-state index contributed by atoms with van der Waals surface area (Å²) in [5.74, 6) is 0.812. The SMILES string of the molecule is O=C(NCC1CCCCC1)c1cccc(NC(=O)C2CC2)c1. The van der Waals surface area contributed by atoms with Gasteiger partial charge in [-0.05, 0) is 49.8 Å². The molecule has 0 heterocycles. The molecule has 0 bridgehead atoms. The number of anilines is 1. The lowest BCUT2D eigenvalue weighted by atomic mass is 9.89. The van der Waals surface area contributed by atoms with Crippen molar-refractivity contribution in [3.05, 3.63) is 29.8 Å². The van der Waals surface area contributed by atoms with Crippen molar-refractivity contribution in [3.8, 4) is 0 Å². The number of rotatable bonds is 5. The van der Waals surface area contributed by atoms with Gasteiger partial charge in [0.25, 0.3) is 5.91 Å². The first-order chi connectivity index (χ1) is 10.7. The molecule has 3 rings (SSSR count). The fourth-order valence-electron chi connectivity index (χ4n) is 3.06. The summed E-state index contributed by atoms with van der Waals surface area (Å²) in [5.41, 5.74) is 1.33. The standard InChI is InChI=1S/C18H24N2O2/c21-17(19-12-13-5-2-1-3-6-13)15-7-4-8-16(11-15)20-18(22)14-9-10-14/h4,7-8,11,13-14H,1-3,5-6,9-10,12H2,(H,19,21)(H,20,22). The fraction of sp³-hybridized carbons (Fsp3) is 0.556. The Morgan fingerprint density at radius 1 is 1.05 bits per heavy atom. The molecule has 0 spiro atoms. The van der Waals surface area contributed by atoms with Crippen molar-refractivity contribution in [2.75, 3.05) is 11.9 Å². The van der Waals surface area contributed by atoms with E-state index in [1.807, 2.05) is 12.1 Å². The average Bonchev–Trinajstić information content (AvgIpc) is 3.39. The van der Waals surface area contributed by atoms with Crippen LogP contribution in [0.25, 0.3) is 0 Å². The third-order valence-electron chi connectivity index (χ3n) is 4.62. The molecule has 0 atom stereocenters. The van der Waals surface area contributed by atoms with E-state index in [4.69, 9.17) is 0 Å². The summed E-state index contributed by atoms with van der Waals surface area (Å²) in [6.07, 6.45) is 8.29. The second kappa shape index (κ2) is 6.95. The van der Waals surface area contributed by atoms with Crippen LogP contribution >= 0.6 is 0 Å². The molecule has 4 heteroatoms. The average molecular weight is 300 g/mol. The molecular formula is C18H24N2O2. The van der Waals surface area contributed by atoms with Crippen LogP contribution in [0.3, 0.4) is 0 Å². The molecule has 118 valence electrons. The number of amides is 2. The van der Waals surface area contributed by atoms with Gasteiger partial charge in [0.15, 0.2) is 0 Å². The Balaban J connectivity index is 1.53. The Bertz CT molecular complexity index is 546. The Morgan fingerprint density at radius 2 is 1.82 bits per heavy atom. The molecule has 2 aliphatic carbocycles. The number of nitrogens with one attached hydrogen (secondary N) is 2. The summed E-state index contributed by atoms with van der Waals surface area (Å²) in [6.45, 7) is 0.761. The first-order valence-electron chi connectivity index (χ1n) is 8.41. The summed E-state index contributed by atoms with van der Waals surface area (Å²) in [6, 6.07) is 7.20. The van der Waals surface area contributed by atoms with Gasteiger partial charge in [0.05, 0.1) is 0 Å². The molecule has 2 saturated carbocycles. The van der Waals surface area contributed by atoms with Gasteiger partial charge in [-0.25, -0.2) is 0 Å². The fourth-order valence-corrected chi connectivity index (χ4v) is 3.06. The molecule has 0 unspecified atom stereocenters. The largest absolute Gasteiger partial charge is 0.352 e. The van der Waals surface area contributed by atoms with Gasteiger partial charge in [0.1, 0.15) is 0 Å². The molecule has 0 aromatic heterocycles. The Labute approximate surface area is 131 Å². The van der Waals surface area contributed by atoms with Gasteiger partial charge in [-0.2, -0.15) is 0 Å². The molecule has 2 aliphatic rings. The van der Waals surface area contributed by atoms with E-state index in [2.05, 4.69) is 10.6 Å². The van der Waals surface area contributed by atoms with Crippen LogP contribution in [0.1, 0.15) is 55.3 Å². The first-order valence-corrected chi connectivity index (χ1v) is 8.41. The second-order valence-corrected chi connectivity index (χ2v) is 6.56. The molecule has 2 amide bonds. The van der Waals surface area contributed by atoms with E-state index in [9.17, 15) is 9.59 Å². The van der Waals surface area contributed by atoms with Crippen LogP contribution in [-0.2, 0) is 4.79 Å². The smallest absolute Gasteiger partial charge is 0.251 e. The highest BCUT2D eigenvalue weighted by molar-refractivity contribution is 5.98. The number of benzene rings is 1. The normalized spacial score (nSPS) is 18.7. The van der Waals surface area contributed by atoms with Gasteiger partial charge in [0, 0.05) is 23.7 Å². The Morgan fingerprint density at radius 3 is 2.55 bits per heavy atom. The van der Waals surface area contributed by atoms with E-state index in [1.54, 1.807) is 12.1 Å². The summed E-state index contributed by atoms with van der Waals surface area (Å²) >= 11 is 0. The second-order valence-electron chi connectivity index (χ2n) is 6.56. The van der Waals surface area contributed by atoms with E-state index in [1.165, 1.54) is 32.1 Å². The monoisotopic (exact) mass is 300 g/mol. The molecule has 0 saturated heterocycles. The van der Waals surface area contributed by atoms with Crippen molar-refractivity contribution >= 4 is 17.5 Å². The van der Waals surface area contributed by atoms with Crippen LogP contribution in [0.15, 0.2) is 24.3 Å². The van der Waals surface area contributed by atoms with Crippen molar-refractivity contribution in [2.24, 2.45) is 11.8 Å². The highest BCUT2D eigenvalue weighted by atomic mass is 16.2. The van der Waals surface area contributed by atoms with Crippen molar-refractivity contribution in [3.63, 3.8) is 0 Å². The van der Waals surface area contributed by atoms with E-state index < -0.39 is 0 Å². The lowest BCUT2D eigenvalue weighted by Gasteiger charge is -2.21. The van der Waals surface area contributed by atoms with Crippen LogP contribution in [-0.4, -0.2) is 18.4 Å². The summed E-state index contributed by atoms with van der Waals surface area (Å²) < 4.78 is 0. The molecule has 4 nitrogen and oxygen atoms in total. The third kappa shape index (κ3) is 4.09. The Hall–Kier alpha value is -1.84. The minimum atomic E-state index is -0.0481. The van der Waals surface area contributed by atoms with Crippen molar-refractivity contribution in [2.45, 2.75) is 44.9 Å². The van der Waals surface area contributed by atoms with Crippen LogP contribution < -0.4 is 10.6 Å². The predicted molar refractivity (Wildman–Crippen MR) is 86.7 cm³/mol. The lowest BCUT2D eigenvalue weighted by molar-refractivity contribution is -0.117. The maximum Gasteiger partial charge on any atom is 0.251 e. The number of hydrogen-bond donors (Lipinski definition) is 2. The maximum atomic E-state index is 12.2. The zero-order valence-corrected chi connectivity index (χ0v) is 12.9. The predicted octanol–water partition coefficient (Wildman–Crippen LogP) is 3.35. The molecule has 2 N–H and O–H groups in total. The highest BCUT2D eigenvalue weighted by Gasteiger charge is 2.29. The first kappa shape index (κ1) is 15.1. The Kier molecular flexibility index (Phi) is 4.76. The molecule has 1 aromatic carbocycles. The van der Waals surface area contributed by atoms with Gasteiger partial charge in [-0.15, -0.1) is 0 Å². The van der Waals surface area contributed by atoms with Crippen molar-refractivity contribution in [1.82, 2.24) is 5.32 Å². The van der Waals surface area contributed by atoms with Crippen LogP contribution in [0.4, 0.5) is 5.69 Å². The van der Waals surface area contributed by atoms with Crippen LogP contribution in [0.5, 0.6) is 0 Å². The number of carbonyl (C=O) groups is 2. The van der Waals surface area contributed by atoms with E-state index >= 15 is 0 Å². The zero-order chi connectivity index (χ0) is 15.4. The van der Waals surface area contributed by atoms with Crippen molar-refractivity contribution < 1.29 is 9.59 Å².